The predicted octanol–water partition coefficient (Wildman–Crippen LogP) is 3.74. The maximum Gasteiger partial charge on any atom is 0.269 e. The van der Waals surface area contributed by atoms with Crippen molar-refractivity contribution in [2.75, 3.05) is 6.54 Å². The first-order chi connectivity index (χ1) is 17.2. The zero-order chi connectivity index (χ0) is 25.9. The van der Waals surface area contributed by atoms with Gasteiger partial charge in [-0.3, -0.25) is 14.4 Å². The molecule has 1 aliphatic carbocycles. The molecule has 192 valence electrons. The minimum Gasteiger partial charge on any atom is -0.352 e. The van der Waals surface area contributed by atoms with E-state index in [1.54, 1.807) is 37.3 Å². The number of halogens is 1. The molecule has 0 spiro atoms. The number of hydrogen-bond donors (Lipinski definition) is 1. The van der Waals surface area contributed by atoms with Crippen LogP contribution in [0, 0.1) is 0 Å². The van der Waals surface area contributed by atoms with Crippen LogP contribution in [0.25, 0.3) is 0 Å². The lowest BCUT2D eigenvalue weighted by molar-refractivity contribution is -0.141. The van der Waals surface area contributed by atoms with Gasteiger partial charge in [0.15, 0.2) is 0 Å². The zero-order valence-electron chi connectivity index (χ0n) is 20.2. The summed E-state index contributed by atoms with van der Waals surface area (Å²) in [6.45, 7) is 1.10. The van der Waals surface area contributed by atoms with Crippen molar-refractivity contribution in [3.8, 4) is 0 Å². The minimum absolute atomic E-state index is 0.00409. The molecule has 1 aliphatic heterocycles. The summed E-state index contributed by atoms with van der Waals surface area (Å²) in [5.74, 6) is -1.69. The molecule has 4 rings (SSSR count). The van der Waals surface area contributed by atoms with E-state index in [2.05, 4.69) is 5.32 Å². The highest BCUT2D eigenvalue weighted by Crippen LogP contribution is 2.30. The summed E-state index contributed by atoms with van der Waals surface area (Å²) in [7, 11) is -4.17. The fraction of sp³-hybridized carbons (Fsp3) is 0.423. The zero-order valence-corrected chi connectivity index (χ0v) is 21.7. The number of benzene rings is 2. The molecule has 10 heteroatoms. The summed E-state index contributed by atoms with van der Waals surface area (Å²) >= 11 is 6.36. The molecule has 2 aromatic rings. The Labute approximate surface area is 216 Å². The largest absolute Gasteiger partial charge is 0.352 e. The Hall–Kier alpha value is -2.91. The van der Waals surface area contributed by atoms with Crippen LogP contribution >= 0.6 is 11.6 Å². The second-order valence-corrected chi connectivity index (χ2v) is 11.4. The average molecular weight is 532 g/mol. The fourth-order valence-electron chi connectivity index (χ4n) is 4.87. The van der Waals surface area contributed by atoms with Crippen molar-refractivity contribution in [3.63, 3.8) is 0 Å². The lowest BCUT2D eigenvalue weighted by Crippen LogP contribution is -2.53. The van der Waals surface area contributed by atoms with Gasteiger partial charge >= 0.3 is 0 Å². The Balaban J connectivity index is 1.61. The number of sulfonamides is 1. The molecule has 36 heavy (non-hydrogen) atoms. The lowest BCUT2D eigenvalue weighted by Gasteiger charge is -2.33. The lowest BCUT2D eigenvalue weighted by atomic mass is 9.95. The predicted molar refractivity (Wildman–Crippen MR) is 136 cm³/mol. The van der Waals surface area contributed by atoms with Gasteiger partial charge in [-0.15, -0.1) is 0 Å². The Bertz CT molecular complexity index is 1260. The first-order valence-corrected chi connectivity index (χ1v) is 14.0. The molecule has 0 bridgehead atoms. The summed E-state index contributed by atoms with van der Waals surface area (Å²) in [5, 5.41) is 3.50. The number of nitrogens with zero attached hydrogens (tertiary/aromatic N) is 2. The molecule has 1 N–H and O–H groups in total. The van der Waals surface area contributed by atoms with Gasteiger partial charge in [-0.1, -0.05) is 68.1 Å². The van der Waals surface area contributed by atoms with Gasteiger partial charge in [-0.05, 0) is 43.0 Å². The molecule has 8 nitrogen and oxygen atoms in total. The first kappa shape index (κ1) is 26.2. The quantitative estimate of drug-likeness (QED) is 0.559. The molecular weight excluding hydrogens is 502 g/mol. The molecule has 1 saturated carbocycles. The van der Waals surface area contributed by atoms with E-state index >= 15 is 0 Å². The fourth-order valence-corrected chi connectivity index (χ4v) is 6.59. The molecule has 0 aromatic heterocycles. The Morgan fingerprint density at radius 2 is 1.75 bits per heavy atom. The van der Waals surface area contributed by atoms with E-state index in [4.69, 9.17) is 11.6 Å². The number of hydrogen-bond acceptors (Lipinski definition) is 5. The summed E-state index contributed by atoms with van der Waals surface area (Å²) in [6.07, 6.45) is 5.31. The van der Waals surface area contributed by atoms with Gasteiger partial charge in [-0.25, -0.2) is 12.7 Å². The molecule has 1 heterocycles. The van der Waals surface area contributed by atoms with Crippen molar-refractivity contribution < 1.29 is 22.8 Å². The van der Waals surface area contributed by atoms with E-state index in [9.17, 15) is 22.8 Å². The van der Waals surface area contributed by atoms with Crippen LogP contribution in [0.5, 0.6) is 0 Å². The Morgan fingerprint density at radius 3 is 2.42 bits per heavy atom. The molecule has 3 amide bonds. The van der Waals surface area contributed by atoms with Crippen LogP contribution in [0.4, 0.5) is 0 Å². The maximum absolute atomic E-state index is 13.6. The van der Waals surface area contributed by atoms with Crippen LogP contribution in [0.2, 0.25) is 5.02 Å². The van der Waals surface area contributed by atoms with Crippen LogP contribution in [-0.2, 0) is 26.2 Å². The molecule has 1 fully saturated rings. The molecule has 0 unspecified atom stereocenters. The second-order valence-electron chi connectivity index (χ2n) is 9.19. The summed E-state index contributed by atoms with van der Waals surface area (Å²) in [5.41, 5.74) is 0.653. The smallest absolute Gasteiger partial charge is 0.269 e. The highest BCUT2D eigenvalue weighted by Gasteiger charge is 2.43. The monoisotopic (exact) mass is 531 g/mol. The molecule has 1 atom stereocenters. The Kier molecular flexibility index (Phi) is 8.00. The van der Waals surface area contributed by atoms with Gasteiger partial charge < -0.3 is 10.2 Å². The van der Waals surface area contributed by atoms with Crippen LogP contribution < -0.4 is 5.32 Å². The average Bonchev–Trinajstić information content (AvgIpc) is 3.06. The van der Waals surface area contributed by atoms with E-state index in [0.29, 0.717) is 21.3 Å². The van der Waals surface area contributed by atoms with E-state index in [1.807, 2.05) is 0 Å². The normalized spacial score (nSPS) is 17.9. The van der Waals surface area contributed by atoms with Gasteiger partial charge in [-0.2, -0.15) is 0 Å². The van der Waals surface area contributed by atoms with Crippen LogP contribution in [-0.4, -0.2) is 54.0 Å². The van der Waals surface area contributed by atoms with Gasteiger partial charge in [0, 0.05) is 17.6 Å². The third kappa shape index (κ3) is 5.27. The van der Waals surface area contributed by atoms with Crippen molar-refractivity contribution in [1.29, 1.82) is 0 Å². The highest BCUT2D eigenvalue weighted by molar-refractivity contribution is 7.90. The summed E-state index contributed by atoms with van der Waals surface area (Å²) in [6, 6.07) is 12.1. The van der Waals surface area contributed by atoms with Crippen LogP contribution in [0.1, 0.15) is 61.4 Å². The standard InChI is InChI=1S/C26H30ClN3O5S/c1-2-22(25(32)28-19-11-4-3-5-12-19)29(16-18-10-6-8-14-21(18)27)24(31)17-30-26(33)20-13-7-9-15-23(20)36(30,34)35/h6-10,13-15,19,22H,2-5,11-12,16-17H2,1H3,(H,28,32)/t22-/m0/s1. The van der Waals surface area contributed by atoms with E-state index < -0.39 is 34.4 Å². The van der Waals surface area contributed by atoms with Crippen LogP contribution in [0.15, 0.2) is 53.4 Å². The van der Waals surface area contributed by atoms with E-state index in [-0.39, 0.29) is 29.0 Å². The van der Waals surface area contributed by atoms with Crippen molar-refractivity contribution in [2.24, 2.45) is 0 Å². The third-order valence-corrected chi connectivity index (χ3v) is 8.98. The van der Waals surface area contributed by atoms with E-state index in [0.717, 1.165) is 32.1 Å². The molecule has 0 saturated heterocycles. The van der Waals surface area contributed by atoms with Crippen molar-refractivity contribution in [1.82, 2.24) is 14.5 Å². The topological polar surface area (TPSA) is 104 Å². The van der Waals surface area contributed by atoms with Gasteiger partial charge in [0.2, 0.25) is 11.8 Å². The number of amides is 3. The first-order valence-electron chi connectivity index (χ1n) is 12.2. The van der Waals surface area contributed by atoms with Crippen LogP contribution in [0.3, 0.4) is 0 Å². The molecular formula is C26H30ClN3O5S. The maximum atomic E-state index is 13.6. The number of carbonyl (C=O) groups is 3. The number of carbonyl (C=O) groups excluding carboxylic acids is 3. The molecule has 2 aromatic carbocycles. The number of rotatable bonds is 8. The molecule has 2 aliphatic rings. The van der Waals surface area contributed by atoms with Crippen molar-refractivity contribution in [3.05, 3.63) is 64.7 Å². The number of fused-ring (bicyclic) bond motifs is 1. The highest BCUT2D eigenvalue weighted by atomic mass is 35.5. The summed E-state index contributed by atoms with van der Waals surface area (Å²) in [4.78, 5) is 41.1. The Morgan fingerprint density at radius 1 is 1.08 bits per heavy atom. The second kappa shape index (κ2) is 11.0. The summed E-state index contributed by atoms with van der Waals surface area (Å²) < 4.78 is 26.7. The SMILES string of the molecule is CC[C@@H](C(=O)NC1CCCCC1)N(Cc1ccccc1Cl)C(=O)CN1C(=O)c2ccccc2S1(=O)=O. The van der Waals surface area contributed by atoms with Gasteiger partial charge in [0.25, 0.3) is 15.9 Å². The van der Waals surface area contributed by atoms with Crippen molar-refractivity contribution in [2.45, 2.75) is 69.0 Å². The number of nitrogens with one attached hydrogen (secondary N) is 1. The van der Waals surface area contributed by atoms with E-state index in [1.165, 1.54) is 23.1 Å². The van der Waals surface area contributed by atoms with Gasteiger partial charge in [0.1, 0.15) is 17.5 Å². The van der Waals surface area contributed by atoms with Gasteiger partial charge in [0.05, 0.1) is 5.56 Å². The molecule has 0 radical (unpaired) electrons. The minimum atomic E-state index is -4.17. The third-order valence-electron chi connectivity index (χ3n) is 6.83. The van der Waals surface area contributed by atoms with Crippen molar-refractivity contribution >= 4 is 39.3 Å².